The Morgan fingerprint density at radius 1 is 0.224 bits per heavy atom. The lowest BCUT2D eigenvalue weighted by atomic mass is 9.81. The Bertz CT molecular complexity index is 3910. The maximum atomic E-state index is 2.45. The summed E-state index contributed by atoms with van der Waals surface area (Å²) in [6.45, 7) is 4.71. The van der Waals surface area contributed by atoms with E-state index in [9.17, 15) is 0 Å². The van der Waals surface area contributed by atoms with Crippen molar-refractivity contribution in [2.45, 2.75) is 19.3 Å². The van der Waals surface area contributed by atoms with E-state index in [0.29, 0.717) is 0 Å². The van der Waals surface area contributed by atoms with Crippen LogP contribution < -0.4 is 0 Å². The number of hydrogen-bond donors (Lipinski definition) is 0. The van der Waals surface area contributed by atoms with Gasteiger partial charge in [0, 0.05) is 5.41 Å². The first-order valence-corrected chi connectivity index (χ1v) is 23.5. The molecule has 12 aromatic carbocycles. The predicted octanol–water partition coefficient (Wildman–Crippen LogP) is 18.6. The smallest absolute Gasteiger partial charge is 0.0159 e. The fraction of sp³-hybridized carbons (Fsp3) is 0.0448. The second-order valence-electron chi connectivity index (χ2n) is 18.8. The molecule has 13 rings (SSSR count). The highest BCUT2D eigenvalue weighted by Gasteiger charge is 2.35. The molecule has 1 aliphatic rings. The molecule has 314 valence electrons. The largest absolute Gasteiger partial charge is 0.0622 e. The molecule has 0 heterocycles. The van der Waals surface area contributed by atoms with Crippen LogP contribution in [-0.4, -0.2) is 0 Å². The van der Waals surface area contributed by atoms with Gasteiger partial charge < -0.3 is 0 Å². The van der Waals surface area contributed by atoms with Crippen LogP contribution in [0.3, 0.4) is 0 Å². The van der Waals surface area contributed by atoms with Gasteiger partial charge in [-0.25, -0.2) is 0 Å². The molecular formula is C67H46. The average Bonchev–Trinajstić information content (AvgIpc) is 3.62. The summed E-state index contributed by atoms with van der Waals surface area (Å²) in [6.07, 6.45) is 0. The summed E-state index contributed by atoms with van der Waals surface area (Å²) in [6, 6.07) is 90.4. The number of benzene rings is 12. The van der Waals surface area contributed by atoms with Crippen LogP contribution in [0.15, 0.2) is 243 Å². The number of hydrogen-bond acceptors (Lipinski definition) is 0. The summed E-state index contributed by atoms with van der Waals surface area (Å²) in [5.41, 5.74) is 20.2. The van der Waals surface area contributed by atoms with Gasteiger partial charge >= 0.3 is 0 Å². The van der Waals surface area contributed by atoms with Gasteiger partial charge in [0.1, 0.15) is 0 Å². The minimum absolute atomic E-state index is 0.0323. The quantitative estimate of drug-likeness (QED) is 0.146. The van der Waals surface area contributed by atoms with Gasteiger partial charge in [0.2, 0.25) is 0 Å². The van der Waals surface area contributed by atoms with Gasteiger partial charge in [-0.05, 0) is 175 Å². The topological polar surface area (TPSA) is 0 Å². The Labute approximate surface area is 392 Å². The molecule has 0 atom stereocenters. The van der Waals surface area contributed by atoms with Crippen molar-refractivity contribution in [3.8, 4) is 77.9 Å². The molecule has 0 radical (unpaired) electrons. The zero-order valence-corrected chi connectivity index (χ0v) is 37.6. The summed E-state index contributed by atoms with van der Waals surface area (Å²) in [7, 11) is 0. The van der Waals surface area contributed by atoms with Crippen LogP contribution in [0.1, 0.15) is 25.0 Å². The minimum Gasteiger partial charge on any atom is -0.0622 e. The highest BCUT2D eigenvalue weighted by molar-refractivity contribution is 6.23. The monoisotopic (exact) mass is 850 g/mol. The van der Waals surface area contributed by atoms with E-state index in [1.807, 2.05) is 0 Å². The van der Waals surface area contributed by atoms with E-state index in [-0.39, 0.29) is 5.41 Å². The van der Waals surface area contributed by atoms with E-state index < -0.39 is 0 Å². The van der Waals surface area contributed by atoms with Crippen LogP contribution in [0, 0.1) is 0 Å². The van der Waals surface area contributed by atoms with Gasteiger partial charge in [0.05, 0.1) is 0 Å². The first kappa shape index (κ1) is 39.1. The third kappa shape index (κ3) is 6.44. The third-order valence-corrected chi connectivity index (χ3v) is 14.6. The van der Waals surface area contributed by atoms with Crippen molar-refractivity contribution >= 4 is 43.1 Å². The van der Waals surface area contributed by atoms with Crippen molar-refractivity contribution in [2.75, 3.05) is 0 Å². The van der Waals surface area contributed by atoms with Crippen molar-refractivity contribution in [1.82, 2.24) is 0 Å². The van der Waals surface area contributed by atoms with Gasteiger partial charge in [-0.1, -0.05) is 214 Å². The highest BCUT2D eigenvalue weighted by atomic mass is 14.4. The maximum absolute atomic E-state index is 2.45. The molecule has 0 bridgehead atoms. The summed E-state index contributed by atoms with van der Waals surface area (Å²) in [4.78, 5) is 0. The van der Waals surface area contributed by atoms with Gasteiger partial charge in [-0.15, -0.1) is 0 Å². The normalized spacial score (nSPS) is 12.7. The molecule has 0 amide bonds. The lowest BCUT2D eigenvalue weighted by Crippen LogP contribution is -2.14. The molecule has 0 N–H and O–H groups in total. The zero-order chi connectivity index (χ0) is 44.6. The van der Waals surface area contributed by atoms with Gasteiger partial charge in [0.15, 0.2) is 0 Å². The molecule has 0 spiro atoms. The molecule has 0 aliphatic heterocycles. The summed E-state index contributed by atoms with van der Waals surface area (Å²) >= 11 is 0. The Hall–Kier alpha value is -8.32. The third-order valence-electron chi connectivity index (χ3n) is 14.6. The van der Waals surface area contributed by atoms with Crippen LogP contribution in [0.2, 0.25) is 0 Å². The SMILES string of the molecule is CC1(C)c2ccccc2-c2ccc(-c3ccc4cc(-c5ccc6c(c5)c(-c5ccccc5)c(-c5ccccc5)c5cc(-c7cc8ccccc8cc7-c7ccccc7)ccc56)ccc4c3)cc21. The van der Waals surface area contributed by atoms with Gasteiger partial charge in [0.25, 0.3) is 0 Å². The molecule has 0 aromatic heterocycles. The van der Waals surface area contributed by atoms with E-state index in [2.05, 4.69) is 257 Å². The van der Waals surface area contributed by atoms with Crippen LogP contribution in [0.5, 0.6) is 0 Å². The first-order chi connectivity index (χ1) is 33.0. The Balaban J connectivity index is 0.973. The van der Waals surface area contributed by atoms with E-state index >= 15 is 0 Å². The second-order valence-corrected chi connectivity index (χ2v) is 18.8. The van der Waals surface area contributed by atoms with Crippen molar-refractivity contribution in [2.24, 2.45) is 0 Å². The van der Waals surface area contributed by atoms with Crippen LogP contribution in [0.25, 0.3) is 121 Å². The second kappa shape index (κ2) is 15.4. The molecule has 12 aromatic rings. The standard InChI is InChI=1S/C67H46/c1-67(2)63-25-15-14-24-57(63)58-35-31-53(42-64(58)67)51-29-27-48-36-50(28-26-49(48)37-51)52-30-33-55-56-34-32-54(60-39-47-23-13-12-22-46(47)38-59(60)43-16-6-3-7-17-43)41-62(56)66(45-20-10-5-11-21-45)65(61(55)40-52)44-18-8-4-9-19-44/h3-42H,1-2H3. The average molecular weight is 851 g/mol. The van der Waals surface area contributed by atoms with Gasteiger partial charge in [-0.2, -0.15) is 0 Å². The molecule has 0 nitrogen and oxygen atoms in total. The summed E-state index contributed by atoms with van der Waals surface area (Å²) < 4.78 is 0. The lowest BCUT2D eigenvalue weighted by Gasteiger charge is -2.22. The minimum atomic E-state index is -0.0323. The zero-order valence-electron chi connectivity index (χ0n) is 37.6. The molecule has 0 fully saturated rings. The lowest BCUT2D eigenvalue weighted by molar-refractivity contribution is 0.660. The molecule has 67 heavy (non-hydrogen) atoms. The molecule has 1 aliphatic carbocycles. The number of fused-ring (bicyclic) bond motifs is 8. The van der Waals surface area contributed by atoms with E-state index in [1.54, 1.807) is 0 Å². The maximum Gasteiger partial charge on any atom is 0.0159 e. The van der Waals surface area contributed by atoms with Gasteiger partial charge in [-0.3, -0.25) is 0 Å². The van der Waals surface area contributed by atoms with E-state index in [1.165, 1.54) is 132 Å². The Morgan fingerprint density at radius 2 is 0.627 bits per heavy atom. The fourth-order valence-corrected chi connectivity index (χ4v) is 11.2. The van der Waals surface area contributed by atoms with Crippen molar-refractivity contribution in [1.29, 1.82) is 0 Å². The predicted molar refractivity (Wildman–Crippen MR) is 287 cm³/mol. The number of rotatable bonds is 6. The highest BCUT2D eigenvalue weighted by Crippen LogP contribution is 2.50. The van der Waals surface area contributed by atoms with E-state index in [4.69, 9.17) is 0 Å². The summed E-state index contributed by atoms with van der Waals surface area (Å²) in [5, 5.41) is 9.94. The molecule has 0 saturated carbocycles. The van der Waals surface area contributed by atoms with Crippen LogP contribution >= 0.6 is 0 Å². The van der Waals surface area contributed by atoms with Crippen molar-refractivity contribution in [3.05, 3.63) is 254 Å². The van der Waals surface area contributed by atoms with E-state index in [0.717, 1.165) is 0 Å². The molecule has 0 unspecified atom stereocenters. The fourth-order valence-electron chi connectivity index (χ4n) is 11.2. The van der Waals surface area contributed by atoms with Crippen molar-refractivity contribution in [3.63, 3.8) is 0 Å². The Morgan fingerprint density at radius 3 is 1.22 bits per heavy atom. The van der Waals surface area contributed by atoms with Crippen LogP contribution in [0.4, 0.5) is 0 Å². The van der Waals surface area contributed by atoms with Crippen LogP contribution in [-0.2, 0) is 5.41 Å². The molecule has 0 heteroatoms. The Kier molecular flexibility index (Phi) is 8.98. The molecular weight excluding hydrogens is 805 g/mol. The first-order valence-electron chi connectivity index (χ1n) is 23.5. The van der Waals surface area contributed by atoms with Crippen molar-refractivity contribution < 1.29 is 0 Å². The summed E-state index contributed by atoms with van der Waals surface area (Å²) in [5.74, 6) is 0. The molecule has 0 saturated heterocycles.